The van der Waals surface area contributed by atoms with Gasteiger partial charge in [0.05, 0.1) is 12.2 Å². The molecule has 8 heteroatoms. The summed E-state index contributed by atoms with van der Waals surface area (Å²) in [5.74, 6) is 2.06. The quantitative estimate of drug-likeness (QED) is 0.238. The van der Waals surface area contributed by atoms with Gasteiger partial charge in [-0.15, -0.1) is 24.0 Å². The Morgan fingerprint density at radius 3 is 2.32 bits per heavy atom. The fourth-order valence-corrected chi connectivity index (χ4v) is 3.47. The maximum atomic E-state index is 10.5. The molecule has 2 atom stereocenters. The number of halogens is 1. The highest BCUT2D eigenvalue weighted by Gasteiger charge is 2.16. The third-order valence-corrected chi connectivity index (χ3v) is 5.17. The van der Waals surface area contributed by atoms with Crippen LogP contribution in [0.15, 0.2) is 29.3 Å². The Bertz CT molecular complexity index is 633. The molecule has 1 aliphatic heterocycles. The molecule has 178 valence electrons. The standard InChI is InChI=1S/C23H41N5O2.HI/c1-6-24-23(25-15-19(4)17-28-13-11-27(5)12-14-28)26-16-22(29)20-7-9-21(10-8-20)30-18(2)3;/h7-10,18-19,22,29H,6,11-17H2,1-5H3,(H2,24,25,26);1H. The van der Waals surface area contributed by atoms with Crippen LogP contribution in [-0.2, 0) is 0 Å². The maximum Gasteiger partial charge on any atom is 0.191 e. The molecular formula is C23H42IN5O2. The van der Waals surface area contributed by atoms with Crippen molar-refractivity contribution >= 4 is 29.9 Å². The van der Waals surface area contributed by atoms with Gasteiger partial charge in [0.15, 0.2) is 5.96 Å². The topological polar surface area (TPSA) is 72.4 Å². The number of aliphatic hydroxyl groups is 1. The van der Waals surface area contributed by atoms with Crippen molar-refractivity contribution in [1.29, 1.82) is 0 Å². The average molecular weight is 548 g/mol. The van der Waals surface area contributed by atoms with Crippen LogP contribution >= 0.6 is 24.0 Å². The van der Waals surface area contributed by atoms with Gasteiger partial charge in [0.25, 0.3) is 0 Å². The molecule has 7 nitrogen and oxygen atoms in total. The van der Waals surface area contributed by atoms with E-state index in [9.17, 15) is 5.11 Å². The molecule has 3 N–H and O–H groups in total. The van der Waals surface area contributed by atoms with Gasteiger partial charge >= 0.3 is 0 Å². The molecule has 1 aromatic rings. The van der Waals surface area contributed by atoms with Crippen molar-refractivity contribution in [2.75, 3.05) is 59.4 Å². The van der Waals surface area contributed by atoms with Gasteiger partial charge in [-0.2, -0.15) is 0 Å². The number of piperazine rings is 1. The number of likely N-dealkylation sites (N-methyl/N-ethyl adjacent to an activating group) is 1. The van der Waals surface area contributed by atoms with E-state index in [1.165, 1.54) is 0 Å². The maximum absolute atomic E-state index is 10.5. The summed E-state index contributed by atoms with van der Waals surface area (Å²) in [6.45, 7) is 15.9. The largest absolute Gasteiger partial charge is 0.491 e. The van der Waals surface area contributed by atoms with Gasteiger partial charge in [0.1, 0.15) is 5.75 Å². The summed E-state index contributed by atoms with van der Waals surface area (Å²) in [6, 6.07) is 7.62. The Morgan fingerprint density at radius 1 is 1.10 bits per heavy atom. The van der Waals surface area contributed by atoms with E-state index in [0.717, 1.165) is 63.1 Å². The third kappa shape index (κ3) is 10.9. The molecule has 1 aliphatic rings. The van der Waals surface area contributed by atoms with Gasteiger partial charge in [-0.1, -0.05) is 19.1 Å². The molecule has 0 spiro atoms. The summed E-state index contributed by atoms with van der Waals surface area (Å²) in [6.07, 6.45) is -0.468. The van der Waals surface area contributed by atoms with E-state index in [2.05, 4.69) is 41.3 Å². The first kappa shape index (κ1) is 27.9. The zero-order valence-electron chi connectivity index (χ0n) is 19.8. The zero-order chi connectivity index (χ0) is 21.9. The fraction of sp³-hybridized carbons (Fsp3) is 0.696. The van der Waals surface area contributed by atoms with Crippen LogP contribution < -0.4 is 15.4 Å². The number of guanidine groups is 1. The molecule has 0 radical (unpaired) electrons. The minimum absolute atomic E-state index is 0. The fourth-order valence-electron chi connectivity index (χ4n) is 3.47. The van der Waals surface area contributed by atoms with E-state index in [1.807, 2.05) is 38.1 Å². The number of ether oxygens (including phenoxy) is 1. The minimum atomic E-state index is -0.607. The average Bonchev–Trinajstić information content (AvgIpc) is 2.71. The van der Waals surface area contributed by atoms with Gasteiger partial charge < -0.3 is 30.3 Å². The highest BCUT2D eigenvalue weighted by Crippen LogP contribution is 2.18. The molecule has 31 heavy (non-hydrogen) atoms. The summed E-state index contributed by atoms with van der Waals surface area (Å²) in [5, 5.41) is 17.1. The predicted octanol–water partition coefficient (Wildman–Crippen LogP) is 2.56. The molecule has 1 saturated heterocycles. The smallest absolute Gasteiger partial charge is 0.191 e. The van der Waals surface area contributed by atoms with Gasteiger partial charge in [0.2, 0.25) is 0 Å². The number of aliphatic hydroxyl groups excluding tert-OH is 1. The lowest BCUT2D eigenvalue weighted by molar-refractivity contribution is 0.140. The van der Waals surface area contributed by atoms with E-state index >= 15 is 0 Å². The number of nitrogens with one attached hydrogen (secondary N) is 2. The van der Waals surface area contributed by atoms with Crippen molar-refractivity contribution < 1.29 is 9.84 Å². The number of rotatable bonds is 10. The summed E-state index contributed by atoms with van der Waals surface area (Å²) in [4.78, 5) is 9.63. The molecule has 0 aliphatic carbocycles. The molecule has 1 heterocycles. The summed E-state index contributed by atoms with van der Waals surface area (Å²) >= 11 is 0. The number of aliphatic imine (C=N–C) groups is 1. The lowest BCUT2D eigenvalue weighted by Crippen LogP contribution is -2.46. The summed E-state index contributed by atoms with van der Waals surface area (Å²) < 4.78 is 5.66. The van der Waals surface area contributed by atoms with Crippen LogP contribution in [0.2, 0.25) is 0 Å². The second-order valence-electron chi connectivity index (χ2n) is 8.56. The Balaban J connectivity index is 0.00000480. The first-order valence-electron chi connectivity index (χ1n) is 11.2. The molecule has 0 amide bonds. The highest BCUT2D eigenvalue weighted by atomic mass is 127. The Morgan fingerprint density at radius 2 is 1.74 bits per heavy atom. The van der Waals surface area contributed by atoms with Crippen LogP contribution in [0.4, 0.5) is 0 Å². The minimum Gasteiger partial charge on any atom is -0.491 e. The molecule has 1 aromatic carbocycles. The van der Waals surface area contributed by atoms with Gasteiger partial charge in [-0.3, -0.25) is 4.99 Å². The normalized spacial score (nSPS) is 17.7. The van der Waals surface area contributed by atoms with Crippen molar-refractivity contribution in [1.82, 2.24) is 20.4 Å². The molecule has 0 aromatic heterocycles. The molecule has 2 rings (SSSR count). The SMILES string of the molecule is CCNC(=NCC(C)CN1CCN(C)CC1)NCC(O)c1ccc(OC(C)C)cc1.I. The van der Waals surface area contributed by atoms with Crippen molar-refractivity contribution in [3.05, 3.63) is 29.8 Å². The van der Waals surface area contributed by atoms with Crippen molar-refractivity contribution in [3.63, 3.8) is 0 Å². The lowest BCUT2D eigenvalue weighted by Gasteiger charge is -2.33. The molecule has 2 unspecified atom stereocenters. The van der Waals surface area contributed by atoms with E-state index < -0.39 is 6.10 Å². The van der Waals surface area contributed by atoms with Crippen LogP contribution in [0.5, 0.6) is 5.75 Å². The predicted molar refractivity (Wildman–Crippen MR) is 140 cm³/mol. The van der Waals surface area contributed by atoms with E-state index in [4.69, 9.17) is 9.73 Å². The van der Waals surface area contributed by atoms with Crippen LogP contribution in [0.25, 0.3) is 0 Å². The van der Waals surface area contributed by atoms with Crippen LogP contribution in [0.1, 0.15) is 39.4 Å². The Labute approximate surface area is 205 Å². The van der Waals surface area contributed by atoms with Crippen LogP contribution in [0.3, 0.4) is 0 Å². The number of hydrogen-bond acceptors (Lipinski definition) is 5. The monoisotopic (exact) mass is 547 g/mol. The van der Waals surface area contributed by atoms with Gasteiger partial charge in [-0.25, -0.2) is 0 Å². The second-order valence-corrected chi connectivity index (χ2v) is 8.56. The van der Waals surface area contributed by atoms with Gasteiger partial charge in [0, 0.05) is 52.4 Å². The molecule has 1 fully saturated rings. The van der Waals surface area contributed by atoms with Crippen LogP contribution in [-0.4, -0.2) is 86.4 Å². The van der Waals surface area contributed by atoms with Crippen molar-refractivity contribution in [2.45, 2.75) is 39.9 Å². The molecule has 0 saturated carbocycles. The third-order valence-electron chi connectivity index (χ3n) is 5.17. The molecule has 0 bridgehead atoms. The van der Waals surface area contributed by atoms with E-state index in [-0.39, 0.29) is 30.1 Å². The van der Waals surface area contributed by atoms with Gasteiger partial charge in [-0.05, 0) is 51.4 Å². The zero-order valence-corrected chi connectivity index (χ0v) is 22.1. The highest BCUT2D eigenvalue weighted by molar-refractivity contribution is 14.0. The number of hydrogen-bond donors (Lipinski definition) is 3. The summed E-state index contributed by atoms with van der Waals surface area (Å²) in [5.41, 5.74) is 0.859. The van der Waals surface area contributed by atoms with E-state index in [1.54, 1.807) is 0 Å². The van der Waals surface area contributed by atoms with Crippen molar-refractivity contribution in [3.8, 4) is 5.75 Å². The molecular weight excluding hydrogens is 505 g/mol. The second kappa shape index (κ2) is 14.9. The Kier molecular flexibility index (Phi) is 13.4. The lowest BCUT2D eigenvalue weighted by atomic mass is 10.1. The number of benzene rings is 1. The van der Waals surface area contributed by atoms with Crippen LogP contribution in [0, 0.1) is 5.92 Å². The Hall–Kier alpha value is -1.10. The summed E-state index contributed by atoms with van der Waals surface area (Å²) in [7, 11) is 2.18. The number of nitrogens with zero attached hydrogens (tertiary/aromatic N) is 3. The first-order valence-corrected chi connectivity index (χ1v) is 11.2. The van der Waals surface area contributed by atoms with E-state index in [0.29, 0.717) is 12.5 Å². The van der Waals surface area contributed by atoms with Crippen molar-refractivity contribution in [2.24, 2.45) is 10.9 Å². The first-order chi connectivity index (χ1) is 14.4.